The topological polar surface area (TPSA) is 65.2 Å². The number of hydrogen-bond donors (Lipinski definition) is 2. The predicted octanol–water partition coefficient (Wildman–Crippen LogP) is 2.92. The SMILES string of the molecule is O=C(NC1CC1)[C@@H]1Cc2c([nH]c3ccccc23)[C@@H]2c3ccccc3C(=O)N21. The second-order valence-corrected chi connectivity index (χ2v) is 7.77. The number of nitrogens with one attached hydrogen (secondary N) is 2. The number of carbonyl (C=O) groups excluding carboxylic acids is 2. The molecule has 2 N–H and O–H groups in total. The molecule has 1 aliphatic carbocycles. The maximum Gasteiger partial charge on any atom is 0.255 e. The van der Waals surface area contributed by atoms with Crippen LogP contribution in [0.3, 0.4) is 0 Å². The average molecular weight is 357 g/mol. The molecule has 2 amide bonds. The number of benzene rings is 2. The van der Waals surface area contributed by atoms with Gasteiger partial charge < -0.3 is 15.2 Å². The lowest BCUT2D eigenvalue weighted by atomic mass is 9.90. The average Bonchev–Trinajstić information content (AvgIpc) is 3.35. The molecule has 27 heavy (non-hydrogen) atoms. The summed E-state index contributed by atoms with van der Waals surface area (Å²) in [4.78, 5) is 31.6. The van der Waals surface area contributed by atoms with Crippen LogP contribution in [-0.4, -0.2) is 33.8 Å². The van der Waals surface area contributed by atoms with Gasteiger partial charge in [-0.05, 0) is 36.1 Å². The zero-order valence-corrected chi connectivity index (χ0v) is 14.7. The third kappa shape index (κ3) is 2.05. The van der Waals surface area contributed by atoms with Gasteiger partial charge in [-0.3, -0.25) is 9.59 Å². The van der Waals surface area contributed by atoms with Gasteiger partial charge in [-0.1, -0.05) is 36.4 Å². The Kier molecular flexibility index (Phi) is 2.91. The number of fused-ring (bicyclic) bond motifs is 7. The summed E-state index contributed by atoms with van der Waals surface area (Å²) in [6.07, 6.45) is 2.62. The molecule has 1 fully saturated rings. The first-order valence-electron chi connectivity index (χ1n) is 9.54. The van der Waals surface area contributed by atoms with Gasteiger partial charge >= 0.3 is 0 Å². The molecule has 5 nitrogen and oxygen atoms in total. The van der Waals surface area contributed by atoms with E-state index in [4.69, 9.17) is 0 Å². The molecule has 0 radical (unpaired) electrons. The number of aromatic amines is 1. The highest BCUT2D eigenvalue weighted by Gasteiger charge is 2.49. The molecule has 3 heterocycles. The fourth-order valence-electron chi connectivity index (χ4n) is 4.66. The van der Waals surface area contributed by atoms with Crippen molar-refractivity contribution >= 4 is 22.7 Å². The summed E-state index contributed by atoms with van der Waals surface area (Å²) < 4.78 is 0. The van der Waals surface area contributed by atoms with Crippen LogP contribution in [0.5, 0.6) is 0 Å². The van der Waals surface area contributed by atoms with E-state index in [1.54, 1.807) is 4.90 Å². The van der Waals surface area contributed by atoms with Crippen molar-refractivity contribution in [3.05, 3.63) is 70.9 Å². The summed E-state index contributed by atoms with van der Waals surface area (Å²) >= 11 is 0. The Morgan fingerprint density at radius 3 is 2.70 bits per heavy atom. The lowest BCUT2D eigenvalue weighted by Gasteiger charge is -2.37. The molecule has 0 unspecified atom stereocenters. The first-order chi connectivity index (χ1) is 13.2. The van der Waals surface area contributed by atoms with Crippen molar-refractivity contribution in [3.63, 3.8) is 0 Å². The summed E-state index contributed by atoms with van der Waals surface area (Å²) in [7, 11) is 0. The van der Waals surface area contributed by atoms with Gasteiger partial charge in [0.15, 0.2) is 0 Å². The minimum atomic E-state index is -0.470. The molecule has 3 aliphatic rings. The number of para-hydroxylation sites is 1. The van der Waals surface area contributed by atoms with Crippen molar-refractivity contribution in [1.29, 1.82) is 0 Å². The van der Waals surface area contributed by atoms with Crippen LogP contribution in [0, 0.1) is 0 Å². The standard InChI is InChI=1S/C22H19N3O2/c26-21(23-12-9-10-12)18-11-16-13-5-3-4-8-17(13)24-19(16)20-14-6-1-2-7-15(14)22(27)25(18)20/h1-8,12,18,20,24H,9-11H2,(H,23,26)/t18-,20-/m0/s1. The van der Waals surface area contributed by atoms with E-state index in [1.807, 2.05) is 36.4 Å². The molecule has 5 heteroatoms. The predicted molar refractivity (Wildman–Crippen MR) is 101 cm³/mol. The summed E-state index contributed by atoms with van der Waals surface area (Å²) in [6, 6.07) is 15.5. The second-order valence-electron chi connectivity index (χ2n) is 7.77. The zero-order chi connectivity index (χ0) is 18.1. The Balaban J connectivity index is 1.56. The first kappa shape index (κ1) is 15.0. The summed E-state index contributed by atoms with van der Waals surface area (Å²) in [5, 5.41) is 4.26. The van der Waals surface area contributed by atoms with E-state index in [0.29, 0.717) is 12.0 Å². The van der Waals surface area contributed by atoms with E-state index in [2.05, 4.69) is 22.4 Å². The van der Waals surface area contributed by atoms with Gasteiger partial charge in [0.1, 0.15) is 6.04 Å². The highest BCUT2D eigenvalue weighted by molar-refractivity contribution is 6.03. The third-order valence-corrected chi connectivity index (χ3v) is 6.08. The molecule has 2 aromatic carbocycles. The lowest BCUT2D eigenvalue weighted by Crippen LogP contribution is -2.52. The molecule has 1 saturated carbocycles. The van der Waals surface area contributed by atoms with Crippen LogP contribution in [0.15, 0.2) is 48.5 Å². The van der Waals surface area contributed by atoms with Crippen LogP contribution >= 0.6 is 0 Å². The van der Waals surface area contributed by atoms with E-state index < -0.39 is 6.04 Å². The molecular formula is C22H19N3O2. The molecule has 134 valence electrons. The number of carbonyl (C=O) groups is 2. The van der Waals surface area contributed by atoms with E-state index in [9.17, 15) is 9.59 Å². The molecule has 0 spiro atoms. The van der Waals surface area contributed by atoms with Crippen LogP contribution in [0.4, 0.5) is 0 Å². The number of hydrogen-bond acceptors (Lipinski definition) is 2. The van der Waals surface area contributed by atoms with Gasteiger partial charge in [-0.25, -0.2) is 0 Å². The van der Waals surface area contributed by atoms with Crippen molar-refractivity contribution < 1.29 is 9.59 Å². The van der Waals surface area contributed by atoms with Crippen LogP contribution in [-0.2, 0) is 11.2 Å². The molecule has 2 aliphatic heterocycles. The van der Waals surface area contributed by atoms with Gasteiger partial charge in [0, 0.05) is 34.6 Å². The number of nitrogens with zero attached hydrogens (tertiary/aromatic N) is 1. The summed E-state index contributed by atoms with van der Waals surface area (Å²) in [5.41, 5.74) is 4.96. The molecule has 3 aromatic rings. The highest BCUT2D eigenvalue weighted by Crippen LogP contribution is 2.46. The lowest BCUT2D eigenvalue weighted by molar-refractivity contribution is -0.126. The van der Waals surface area contributed by atoms with Gasteiger partial charge in [-0.2, -0.15) is 0 Å². The Morgan fingerprint density at radius 2 is 1.85 bits per heavy atom. The molecule has 6 rings (SSSR count). The van der Waals surface area contributed by atoms with Crippen LogP contribution in [0.1, 0.15) is 46.1 Å². The van der Waals surface area contributed by atoms with Gasteiger partial charge in [-0.15, -0.1) is 0 Å². The minimum absolute atomic E-state index is 0.0282. The molecule has 0 bridgehead atoms. The van der Waals surface area contributed by atoms with E-state index in [-0.39, 0.29) is 23.9 Å². The maximum atomic E-state index is 13.2. The van der Waals surface area contributed by atoms with E-state index in [0.717, 1.165) is 40.6 Å². The third-order valence-electron chi connectivity index (χ3n) is 6.08. The molecular weight excluding hydrogens is 338 g/mol. The van der Waals surface area contributed by atoms with Gasteiger partial charge in [0.2, 0.25) is 5.91 Å². The largest absolute Gasteiger partial charge is 0.356 e. The van der Waals surface area contributed by atoms with Crippen molar-refractivity contribution in [2.45, 2.75) is 37.4 Å². The normalized spacial score (nSPS) is 23.1. The quantitative estimate of drug-likeness (QED) is 0.741. The van der Waals surface area contributed by atoms with Crippen molar-refractivity contribution in [1.82, 2.24) is 15.2 Å². The summed E-state index contributed by atoms with van der Waals surface area (Å²) in [5.74, 6) is -0.0737. The van der Waals surface area contributed by atoms with Crippen LogP contribution in [0.2, 0.25) is 0 Å². The van der Waals surface area contributed by atoms with Crippen LogP contribution in [0.25, 0.3) is 10.9 Å². The number of aromatic nitrogens is 1. The Labute approximate surface area is 156 Å². The Morgan fingerprint density at radius 1 is 1.07 bits per heavy atom. The van der Waals surface area contributed by atoms with Gasteiger partial charge in [0.25, 0.3) is 5.91 Å². The number of H-pyrrole nitrogens is 1. The minimum Gasteiger partial charge on any atom is -0.356 e. The van der Waals surface area contributed by atoms with Crippen molar-refractivity contribution in [2.75, 3.05) is 0 Å². The Bertz CT molecular complexity index is 1110. The monoisotopic (exact) mass is 357 g/mol. The highest BCUT2D eigenvalue weighted by atomic mass is 16.2. The zero-order valence-electron chi connectivity index (χ0n) is 14.7. The van der Waals surface area contributed by atoms with Gasteiger partial charge in [0.05, 0.1) is 6.04 Å². The second kappa shape index (κ2) is 5.22. The first-order valence-corrected chi connectivity index (χ1v) is 9.54. The maximum absolute atomic E-state index is 13.2. The summed E-state index contributed by atoms with van der Waals surface area (Å²) in [6.45, 7) is 0. The van der Waals surface area contributed by atoms with E-state index >= 15 is 0 Å². The molecule has 2 atom stereocenters. The Hall–Kier alpha value is -3.08. The molecule has 1 aromatic heterocycles. The van der Waals surface area contributed by atoms with Crippen molar-refractivity contribution in [2.24, 2.45) is 0 Å². The fourth-order valence-corrected chi connectivity index (χ4v) is 4.66. The van der Waals surface area contributed by atoms with Crippen molar-refractivity contribution in [3.8, 4) is 0 Å². The van der Waals surface area contributed by atoms with Crippen LogP contribution < -0.4 is 5.32 Å². The van der Waals surface area contributed by atoms with E-state index in [1.165, 1.54) is 0 Å². The fraction of sp³-hybridized carbons (Fsp3) is 0.273. The number of amides is 2. The molecule has 0 saturated heterocycles. The number of rotatable bonds is 2. The smallest absolute Gasteiger partial charge is 0.255 e.